The highest BCUT2D eigenvalue weighted by atomic mass is 16.6. The molecular weight excluding hydrogens is 510 g/mol. The fourth-order valence-corrected chi connectivity index (χ4v) is 3.89. The number of ether oxygens (including phenoxy) is 2. The lowest BCUT2D eigenvalue weighted by molar-refractivity contribution is -0.158. The summed E-state index contributed by atoms with van der Waals surface area (Å²) < 4.78 is 10.7. The maximum Gasteiger partial charge on any atom is 0.341 e. The van der Waals surface area contributed by atoms with Crippen molar-refractivity contribution in [3.8, 4) is 22.5 Å². The molecule has 10 heteroatoms. The summed E-state index contributed by atoms with van der Waals surface area (Å²) in [5.74, 6) is -2.19. The Morgan fingerprint density at radius 1 is 0.850 bits per heavy atom. The van der Waals surface area contributed by atoms with Crippen LogP contribution in [0.1, 0.15) is 38.8 Å². The number of tetrazole rings is 1. The fraction of sp³-hybridized carbons (Fsp3) is 0.267. The van der Waals surface area contributed by atoms with Crippen LogP contribution in [0.5, 0.6) is 0 Å². The molecule has 0 spiro atoms. The zero-order valence-electron chi connectivity index (χ0n) is 22.6. The van der Waals surface area contributed by atoms with Gasteiger partial charge in [0.2, 0.25) is 11.9 Å². The number of ketones is 1. The zero-order valence-corrected chi connectivity index (χ0v) is 22.6. The Balaban J connectivity index is 1.56. The summed E-state index contributed by atoms with van der Waals surface area (Å²) in [6, 6.07) is 23.3. The van der Waals surface area contributed by atoms with Crippen LogP contribution < -0.4 is 5.73 Å². The molecule has 0 saturated carbocycles. The third kappa shape index (κ3) is 7.45. The van der Waals surface area contributed by atoms with Gasteiger partial charge in [0.05, 0.1) is 12.5 Å². The number of Topliss-reactive ketones (excluding diaryl/α,β-unsaturated/α-hetero) is 1. The number of carbonyl (C=O) groups excluding carboxylic acids is 3. The minimum Gasteiger partial charge on any atom is -0.460 e. The molecule has 0 bridgehead atoms. The highest BCUT2D eigenvalue weighted by molar-refractivity contribution is 6.04. The molecule has 0 amide bonds. The Kier molecular flexibility index (Phi) is 8.80. The van der Waals surface area contributed by atoms with E-state index in [0.29, 0.717) is 5.56 Å². The van der Waals surface area contributed by atoms with E-state index < -0.39 is 41.8 Å². The quantitative estimate of drug-likeness (QED) is 0.234. The van der Waals surface area contributed by atoms with Gasteiger partial charge in [-0.2, -0.15) is 0 Å². The lowest BCUT2D eigenvalue weighted by atomic mass is 10.0. The molecule has 0 radical (unpaired) electrons. The van der Waals surface area contributed by atoms with E-state index in [-0.39, 0.29) is 12.4 Å². The van der Waals surface area contributed by atoms with Crippen molar-refractivity contribution in [3.05, 3.63) is 90.5 Å². The van der Waals surface area contributed by atoms with E-state index in [9.17, 15) is 14.4 Å². The van der Waals surface area contributed by atoms with Crippen molar-refractivity contribution in [2.45, 2.75) is 51.5 Å². The van der Waals surface area contributed by atoms with E-state index >= 15 is 0 Å². The third-order valence-corrected chi connectivity index (χ3v) is 5.80. The zero-order chi connectivity index (χ0) is 28.7. The number of benzene rings is 3. The maximum absolute atomic E-state index is 13.4. The van der Waals surface area contributed by atoms with Gasteiger partial charge in [0, 0.05) is 5.56 Å². The number of esters is 2. The molecule has 1 heterocycles. The summed E-state index contributed by atoms with van der Waals surface area (Å²) in [6.07, 6.45) is -0.429. The summed E-state index contributed by atoms with van der Waals surface area (Å²) in [7, 11) is 0. The van der Waals surface area contributed by atoms with Gasteiger partial charge in [-0.15, -0.1) is 15.0 Å². The Morgan fingerprint density at radius 3 is 2.05 bits per heavy atom. The molecule has 10 nitrogen and oxygen atoms in total. The minimum absolute atomic E-state index is 0.0761. The van der Waals surface area contributed by atoms with Gasteiger partial charge in [-0.3, -0.25) is 9.59 Å². The van der Waals surface area contributed by atoms with Gasteiger partial charge in [-0.25, -0.2) is 4.79 Å². The normalized spacial score (nSPS) is 12.8. The van der Waals surface area contributed by atoms with Crippen molar-refractivity contribution >= 4 is 17.7 Å². The smallest absolute Gasteiger partial charge is 0.341 e. The van der Waals surface area contributed by atoms with Gasteiger partial charge < -0.3 is 15.2 Å². The SMILES string of the molecule is CC(C)(C)OC(=O)CC(N)C(=O)C(C(=O)OCc1ccccc1)n1nnc(-c2ccc(-c3ccccc3)cc2)n1. The van der Waals surface area contributed by atoms with Gasteiger partial charge in [0.25, 0.3) is 0 Å². The fourth-order valence-electron chi connectivity index (χ4n) is 3.89. The van der Waals surface area contributed by atoms with Gasteiger partial charge in [0.1, 0.15) is 12.2 Å². The first kappa shape index (κ1) is 28.3. The van der Waals surface area contributed by atoms with Crippen LogP contribution in [0.3, 0.4) is 0 Å². The molecular formula is C30H31N5O5. The van der Waals surface area contributed by atoms with Crippen LogP contribution >= 0.6 is 0 Å². The molecule has 2 unspecified atom stereocenters. The van der Waals surface area contributed by atoms with Crippen LogP contribution in [-0.4, -0.2) is 49.6 Å². The maximum atomic E-state index is 13.4. The average molecular weight is 542 g/mol. The molecule has 2 N–H and O–H groups in total. The molecule has 2 atom stereocenters. The molecule has 40 heavy (non-hydrogen) atoms. The monoisotopic (exact) mass is 541 g/mol. The first-order chi connectivity index (χ1) is 19.1. The van der Waals surface area contributed by atoms with Crippen LogP contribution in [0.25, 0.3) is 22.5 Å². The van der Waals surface area contributed by atoms with E-state index in [0.717, 1.165) is 21.5 Å². The van der Waals surface area contributed by atoms with Crippen LogP contribution in [0.15, 0.2) is 84.9 Å². The summed E-state index contributed by atoms with van der Waals surface area (Å²) in [6.45, 7) is 5.03. The number of hydrogen-bond acceptors (Lipinski definition) is 9. The van der Waals surface area contributed by atoms with Crippen molar-refractivity contribution < 1.29 is 23.9 Å². The number of rotatable bonds is 10. The molecule has 1 aromatic heterocycles. The number of nitrogens with two attached hydrogens (primary N) is 1. The second-order valence-electron chi connectivity index (χ2n) is 10.2. The lowest BCUT2D eigenvalue weighted by Crippen LogP contribution is -2.43. The summed E-state index contributed by atoms with van der Waals surface area (Å²) in [5, 5.41) is 12.3. The summed E-state index contributed by atoms with van der Waals surface area (Å²) >= 11 is 0. The van der Waals surface area contributed by atoms with Crippen molar-refractivity contribution in [1.82, 2.24) is 20.2 Å². The minimum atomic E-state index is -1.65. The Hall–Kier alpha value is -4.70. The number of hydrogen-bond donors (Lipinski definition) is 1. The predicted octanol–water partition coefficient (Wildman–Crippen LogP) is 3.92. The molecule has 4 aromatic rings. The van der Waals surface area contributed by atoms with Crippen LogP contribution in [0, 0.1) is 0 Å². The molecule has 4 rings (SSSR count). The highest BCUT2D eigenvalue weighted by Crippen LogP contribution is 2.23. The van der Waals surface area contributed by atoms with E-state index in [4.69, 9.17) is 15.2 Å². The number of carbonyl (C=O) groups is 3. The molecule has 0 saturated heterocycles. The predicted molar refractivity (Wildman–Crippen MR) is 147 cm³/mol. The number of nitrogens with zero attached hydrogens (tertiary/aromatic N) is 4. The van der Waals surface area contributed by atoms with Crippen LogP contribution in [0.4, 0.5) is 0 Å². The van der Waals surface area contributed by atoms with Crippen molar-refractivity contribution in [2.75, 3.05) is 0 Å². The topological polar surface area (TPSA) is 139 Å². The summed E-state index contributed by atoms with van der Waals surface area (Å²) in [5.41, 5.74) is 8.72. The first-order valence-corrected chi connectivity index (χ1v) is 12.8. The Morgan fingerprint density at radius 2 is 1.43 bits per heavy atom. The second kappa shape index (κ2) is 12.4. The second-order valence-corrected chi connectivity index (χ2v) is 10.2. The Labute approximate surface area is 232 Å². The van der Waals surface area contributed by atoms with E-state index in [1.807, 2.05) is 60.7 Å². The largest absolute Gasteiger partial charge is 0.460 e. The molecule has 0 fully saturated rings. The van der Waals surface area contributed by atoms with Gasteiger partial charge in [-0.1, -0.05) is 84.9 Å². The van der Waals surface area contributed by atoms with Crippen LogP contribution in [-0.2, 0) is 30.5 Å². The van der Waals surface area contributed by atoms with Crippen LogP contribution in [0.2, 0.25) is 0 Å². The summed E-state index contributed by atoms with van der Waals surface area (Å²) in [4.78, 5) is 39.8. The van der Waals surface area contributed by atoms with Crippen molar-refractivity contribution in [1.29, 1.82) is 0 Å². The molecule has 206 valence electrons. The van der Waals surface area contributed by atoms with Crippen molar-refractivity contribution in [3.63, 3.8) is 0 Å². The van der Waals surface area contributed by atoms with Gasteiger partial charge >= 0.3 is 11.9 Å². The molecule has 0 aliphatic carbocycles. The van der Waals surface area contributed by atoms with Gasteiger partial charge in [0.15, 0.2) is 5.78 Å². The molecule has 0 aliphatic heterocycles. The molecule has 0 aliphatic rings. The lowest BCUT2D eigenvalue weighted by Gasteiger charge is -2.21. The van der Waals surface area contributed by atoms with E-state index in [1.54, 1.807) is 45.0 Å². The average Bonchev–Trinajstić information content (AvgIpc) is 3.41. The van der Waals surface area contributed by atoms with E-state index in [1.165, 1.54) is 0 Å². The molecule has 3 aromatic carbocycles. The Bertz CT molecular complexity index is 1450. The van der Waals surface area contributed by atoms with Gasteiger partial charge in [-0.05, 0) is 42.7 Å². The number of aromatic nitrogens is 4. The highest BCUT2D eigenvalue weighted by Gasteiger charge is 2.37. The van der Waals surface area contributed by atoms with E-state index in [2.05, 4.69) is 15.4 Å². The standard InChI is InChI=1S/C30H31N5O5/c1-30(2,3)40-25(36)18-24(31)27(37)26(29(38)39-19-20-10-6-4-7-11-20)35-33-28(32-34-35)23-16-14-22(15-17-23)21-12-8-5-9-13-21/h4-17,24,26H,18-19,31H2,1-3H3. The van der Waals surface area contributed by atoms with Crippen molar-refractivity contribution in [2.24, 2.45) is 5.73 Å². The third-order valence-electron chi connectivity index (χ3n) is 5.80. The first-order valence-electron chi connectivity index (χ1n) is 12.8.